The molecule has 0 radical (unpaired) electrons. The van der Waals surface area contributed by atoms with Crippen molar-refractivity contribution in [1.82, 2.24) is 4.98 Å². The molecule has 31 heavy (non-hydrogen) atoms. The number of carbonyl (C=O) groups excluding carboxylic acids is 1. The minimum absolute atomic E-state index is 0.0386. The van der Waals surface area contributed by atoms with Crippen LogP contribution in [-0.2, 0) is 15.3 Å². The Labute approximate surface area is 185 Å². The third-order valence-electron chi connectivity index (χ3n) is 4.93. The van der Waals surface area contributed by atoms with Gasteiger partial charge < -0.3 is 14.3 Å². The molecule has 2 aromatic heterocycles. The number of esters is 1. The van der Waals surface area contributed by atoms with Crippen LogP contribution in [0.5, 0.6) is 5.75 Å². The topological polar surface area (TPSA) is 89.6 Å². The lowest BCUT2D eigenvalue weighted by molar-refractivity contribution is -0.140. The highest BCUT2D eigenvalue weighted by Gasteiger charge is 2.26. The number of thioether (sulfide) groups is 1. The van der Waals surface area contributed by atoms with Gasteiger partial charge in [-0.3, -0.25) is 14.6 Å². The van der Waals surface area contributed by atoms with Crippen LogP contribution in [0, 0.1) is 0 Å². The molecule has 0 fully saturated rings. The van der Waals surface area contributed by atoms with E-state index in [9.17, 15) is 14.7 Å². The van der Waals surface area contributed by atoms with E-state index >= 15 is 0 Å². The van der Waals surface area contributed by atoms with Gasteiger partial charge in [-0.05, 0) is 35.2 Å². The molecule has 7 heteroatoms. The predicted molar refractivity (Wildman–Crippen MR) is 119 cm³/mol. The summed E-state index contributed by atoms with van der Waals surface area (Å²) in [6, 6.07) is 13.0. The van der Waals surface area contributed by atoms with Crippen LogP contribution in [0.1, 0.15) is 54.8 Å². The van der Waals surface area contributed by atoms with Crippen LogP contribution in [0.25, 0.3) is 0 Å². The second-order valence-corrected chi connectivity index (χ2v) is 8.47. The fraction of sp³-hybridized carbons (Fsp3) is 0.292. The number of aromatic hydroxyl groups is 1. The van der Waals surface area contributed by atoms with Crippen LogP contribution in [0.3, 0.4) is 0 Å². The van der Waals surface area contributed by atoms with Crippen LogP contribution in [0.15, 0.2) is 69.0 Å². The predicted octanol–water partition coefficient (Wildman–Crippen LogP) is 4.85. The fourth-order valence-corrected chi connectivity index (χ4v) is 3.94. The Morgan fingerprint density at radius 2 is 1.94 bits per heavy atom. The monoisotopic (exact) mass is 439 g/mol. The number of pyridine rings is 1. The van der Waals surface area contributed by atoms with Crippen molar-refractivity contribution in [2.24, 2.45) is 0 Å². The number of hydrogen-bond donors (Lipinski definition) is 1. The van der Waals surface area contributed by atoms with Gasteiger partial charge in [-0.25, -0.2) is 0 Å². The first-order valence-electron chi connectivity index (χ1n) is 9.94. The van der Waals surface area contributed by atoms with Crippen molar-refractivity contribution in [2.75, 3.05) is 7.11 Å². The Bertz CT molecular complexity index is 1080. The van der Waals surface area contributed by atoms with Crippen LogP contribution in [0.4, 0.5) is 0 Å². The quantitative estimate of drug-likeness (QED) is 0.396. The molecule has 0 saturated heterocycles. The number of ether oxygens (including phenoxy) is 1. The molecule has 0 spiro atoms. The summed E-state index contributed by atoms with van der Waals surface area (Å²) in [5, 5.41) is 10.4. The van der Waals surface area contributed by atoms with Gasteiger partial charge in [0.05, 0.1) is 25.2 Å². The van der Waals surface area contributed by atoms with Gasteiger partial charge in [0.15, 0.2) is 5.76 Å². The first-order chi connectivity index (χ1) is 14.9. The third-order valence-corrected chi connectivity index (χ3v) is 5.96. The minimum Gasteiger partial charge on any atom is -0.502 e. The summed E-state index contributed by atoms with van der Waals surface area (Å²) in [7, 11) is 1.29. The van der Waals surface area contributed by atoms with Gasteiger partial charge in [0.2, 0.25) is 11.2 Å². The molecule has 0 amide bonds. The molecular weight excluding hydrogens is 414 g/mol. The van der Waals surface area contributed by atoms with Crippen LogP contribution >= 0.6 is 11.8 Å². The fourth-order valence-electron chi connectivity index (χ4n) is 3.16. The first kappa shape index (κ1) is 22.6. The first-order valence-corrected chi connectivity index (χ1v) is 10.9. The lowest BCUT2D eigenvalue weighted by Crippen LogP contribution is -2.14. The van der Waals surface area contributed by atoms with Gasteiger partial charge in [-0.15, -0.1) is 11.8 Å². The molecule has 1 N–H and O–H groups in total. The molecule has 1 aromatic carbocycles. The summed E-state index contributed by atoms with van der Waals surface area (Å²) in [6.45, 7) is 4.28. The van der Waals surface area contributed by atoms with Crippen molar-refractivity contribution in [2.45, 2.75) is 42.8 Å². The molecule has 0 saturated carbocycles. The van der Waals surface area contributed by atoms with Crippen molar-refractivity contribution >= 4 is 17.7 Å². The van der Waals surface area contributed by atoms with Gasteiger partial charge in [0.1, 0.15) is 5.76 Å². The molecule has 3 rings (SSSR count). The van der Waals surface area contributed by atoms with E-state index in [2.05, 4.69) is 31.0 Å². The molecule has 6 nitrogen and oxygen atoms in total. The highest BCUT2D eigenvalue weighted by atomic mass is 32.2. The summed E-state index contributed by atoms with van der Waals surface area (Å²) < 4.78 is 10.7. The molecule has 1 atom stereocenters. The molecule has 0 bridgehead atoms. The number of benzene rings is 1. The van der Waals surface area contributed by atoms with Crippen molar-refractivity contribution in [3.8, 4) is 5.75 Å². The van der Waals surface area contributed by atoms with Gasteiger partial charge in [0.25, 0.3) is 0 Å². The molecule has 0 aliphatic rings. The van der Waals surface area contributed by atoms with E-state index in [-0.39, 0.29) is 12.2 Å². The SMILES string of the molecule is COC(=O)C[C@H](c1cccnc1)c1oc(CSc2ccc(C(C)C)cc2)cc(=O)c1O. The third kappa shape index (κ3) is 5.76. The van der Waals surface area contributed by atoms with Crippen molar-refractivity contribution in [3.63, 3.8) is 0 Å². The van der Waals surface area contributed by atoms with Gasteiger partial charge in [-0.2, -0.15) is 0 Å². The zero-order chi connectivity index (χ0) is 22.4. The maximum Gasteiger partial charge on any atom is 0.306 e. The van der Waals surface area contributed by atoms with Crippen molar-refractivity contribution in [3.05, 3.63) is 87.7 Å². The summed E-state index contributed by atoms with van der Waals surface area (Å²) in [5.74, 6) is -0.374. The Balaban J connectivity index is 1.89. The molecule has 3 aromatic rings. The smallest absolute Gasteiger partial charge is 0.306 e. The number of nitrogens with zero attached hydrogens (tertiary/aromatic N) is 1. The molecule has 0 aliphatic heterocycles. The molecule has 2 heterocycles. The zero-order valence-corrected chi connectivity index (χ0v) is 18.5. The summed E-state index contributed by atoms with van der Waals surface area (Å²) >= 11 is 1.52. The number of aromatic nitrogens is 1. The van der Waals surface area contributed by atoms with Gasteiger partial charge >= 0.3 is 5.97 Å². The van der Waals surface area contributed by atoms with Crippen LogP contribution in [-0.4, -0.2) is 23.2 Å². The minimum atomic E-state index is -0.691. The standard InChI is InChI=1S/C24H25NO5S/c1-15(2)16-6-8-19(9-7-16)31-14-18-11-21(26)23(28)24(30-18)20(12-22(27)29-3)17-5-4-10-25-13-17/h4-11,13,15,20,28H,12,14H2,1-3H3/t20-/m1/s1. The highest BCUT2D eigenvalue weighted by molar-refractivity contribution is 7.98. The van der Waals surface area contributed by atoms with Crippen molar-refractivity contribution in [1.29, 1.82) is 0 Å². The lowest BCUT2D eigenvalue weighted by atomic mass is 9.93. The summed E-state index contributed by atoms with van der Waals surface area (Å²) in [5.41, 5.74) is 1.34. The lowest BCUT2D eigenvalue weighted by Gasteiger charge is -2.17. The van der Waals surface area contributed by atoms with Crippen LogP contribution < -0.4 is 5.43 Å². The highest BCUT2D eigenvalue weighted by Crippen LogP contribution is 2.34. The number of carbonyl (C=O) groups is 1. The van der Waals surface area contributed by atoms with Crippen LogP contribution in [0.2, 0.25) is 0 Å². The Hall–Kier alpha value is -3.06. The van der Waals surface area contributed by atoms with E-state index in [1.165, 1.54) is 30.5 Å². The average molecular weight is 440 g/mol. The summed E-state index contributed by atoms with van der Waals surface area (Å²) in [6.07, 6.45) is 3.09. The van der Waals surface area contributed by atoms with E-state index in [1.54, 1.807) is 24.5 Å². The Morgan fingerprint density at radius 3 is 2.55 bits per heavy atom. The van der Waals surface area contributed by atoms with Gasteiger partial charge in [-0.1, -0.05) is 32.0 Å². The van der Waals surface area contributed by atoms with Crippen molar-refractivity contribution < 1.29 is 19.1 Å². The Morgan fingerprint density at radius 1 is 1.19 bits per heavy atom. The van der Waals surface area contributed by atoms with E-state index in [4.69, 9.17) is 9.15 Å². The van der Waals surface area contributed by atoms with E-state index < -0.39 is 23.1 Å². The average Bonchev–Trinajstić information content (AvgIpc) is 2.79. The largest absolute Gasteiger partial charge is 0.502 e. The molecule has 0 aliphatic carbocycles. The molecular formula is C24H25NO5S. The normalized spacial score (nSPS) is 12.0. The maximum absolute atomic E-state index is 12.4. The van der Waals surface area contributed by atoms with E-state index in [0.717, 1.165) is 4.90 Å². The maximum atomic E-state index is 12.4. The van der Waals surface area contributed by atoms with E-state index in [0.29, 0.717) is 23.0 Å². The molecule has 0 unspecified atom stereocenters. The number of hydrogen-bond acceptors (Lipinski definition) is 7. The summed E-state index contributed by atoms with van der Waals surface area (Å²) in [4.78, 5) is 29.5. The molecule has 162 valence electrons. The Kier molecular flexibility index (Phi) is 7.52. The second-order valence-electron chi connectivity index (χ2n) is 7.42. The zero-order valence-electron chi connectivity index (χ0n) is 17.7. The number of rotatable bonds is 8. The van der Waals surface area contributed by atoms with Gasteiger partial charge in [0, 0.05) is 23.4 Å². The second kappa shape index (κ2) is 10.3. The number of methoxy groups -OCH3 is 1. The van der Waals surface area contributed by atoms with E-state index in [1.807, 2.05) is 12.1 Å².